The fraction of sp³-hybridized carbons (Fsp3) is 0.400. The van der Waals surface area contributed by atoms with Crippen LogP contribution < -0.4 is 4.74 Å². The molecule has 0 aliphatic carbocycles. The van der Waals surface area contributed by atoms with E-state index >= 15 is 0 Å². The zero-order chi connectivity index (χ0) is 17.1. The molecule has 0 radical (unpaired) electrons. The summed E-state index contributed by atoms with van der Waals surface area (Å²) in [4.78, 5) is 18.5. The standard InChI is InChI=1S/C20H22N2O3/c23-19(18-8-4-5-11-21-18)22-12-9-20(10-13-22)14-17(15-24-20)25-16-6-2-1-3-7-16/h1-8,11,17H,9-10,12-15H2. The van der Waals surface area contributed by atoms with E-state index in [-0.39, 0.29) is 17.6 Å². The predicted molar refractivity (Wildman–Crippen MR) is 93.5 cm³/mol. The second kappa shape index (κ2) is 6.84. The van der Waals surface area contributed by atoms with Crippen molar-refractivity contribution >= 4 is 5.91 Å². The van der Waals surface area contributed by atoms with Gasteiger partial charge in [0, 0.05) is 25.7 Å². The Bertz CT molecular complexity index is 712. The third-order valence-corrected chi connectivity index (χ3v) is 5.07. The van der Waals surface area contributed by atoms with Gasteiger partial charge in [-0.25, -0.2) is 0 Å². The van der Waals surface area contributed by atoms with Crippen molar-refractivity contribution in [2.75, 3.05) is 19.7 Å². The van der Waals surface area contributed by atoms with Crippen molar-refractivity contribution in [3.05, 3.63) is 60.4 Å². The minimum absolute atomic E-state index is 0.00512. The predicted octanol–water partition coefficient (Wildman–Crippen LogP) is 2.92. The molecule has 1 unspecified atom stereocenters. The van der Waals surface area contributed by atoms with Gasteiger partial charge in [0.05, 0.1) is 12.2 Å². The SMILES string of the molecule is O=C(c1ccccn1)N1CCC2(CC1)CC(Oc1ccccc1)CO2. The summed E-state index contributed by atoms with van der Waals surface area (Å²) in [6, 6.07) is 15.3. The molecule has 3 heterocycles. The molecule has 5 nitrogen and oxygen atoms in total. The van der Waals surface area contributed by atoms with Crippen LogP contribution in [-0.4, -0.2) is 47.2 Å². The molecule has 1 atom stereocenters. The molecule has 0 N–H and O–H groups in total. The smallest absolute Gasteiger partial charge is 0.272 e. The highest BCUT2D eigenvalue weighted by atomic mass is 16.6. The Morgan fingerprint density at radius 1 is 1.12 bits per heavy atom. The van der Waals surface area contributed by atoms with Crippen LogP contribution in [0.5, 0.6) is 5.75 Å². The molecule has 5 heteroatoms. The molecular formula is C20H22N2O3. The molecule has 25 heavy (non-hydrogen) atoms. The molecule has 2 aromatic rings. The molecule has 130 valence electrons. The van der Waals surface area contributed by atoms with Crippen LogP contribution in [0.25, 0.3) is 0 Å². The minimum Gasteiger partial charge on any atom is -0.488 e. The number of ether oxygens (including phenoxy) is 2. The fourth-order valence-corrected chi connectivity index (χ4v) is 3.69. The average Bonchev–Trinajstić information content (AvgIpc) is 3.05. The van der Waals surface area contributed by atoms with Crippen LogP contribution in [-0.2, 0) is 4.74 Å². The Morgan fingerprint density at radius 3 is 2.60 bits per heavy atom. The lowest BCUT2D eigenvalue weighted by molar-refractivity contribution is -0.0396. The van der Waals surface area contributed by atoms with E-state index in [9.17, 15) is 4.79 Å². The number of piperidine rings is 1. The van der Waals surface area contributed by atoms with Gasteiger partial charge in [-0.05, 0) is 37.1 Å². The van der Waals surface area contributed by atoms with E-state index in [0.29, 0.717) is 25.4 Å². The molecule has 1 aromatic heterocycles. The molecule has 2 saturated heterocycles. The summed E-state index contributed by atoms with van der Waals surface area (Å²) in [5, 5.41) is 0. The van der Waals surface area contributed by atoms with Crippen LogP contribution in [0, 0.1) is 0 Å². The lowest BCUT2D eigenvalue weighted by atomic mass is 9.88. The number of nitrogens with zero attached hydrogens (tertiary/aromatic N) is 2. The Kier molecular flexibility index (Phi) is 4.40. The minimum atomic E-state index is -0.152. The van der Waals surface area contributed by atoms with Gasteiger partial charge in [0.25, 0.3) is 5.91 Å². The Hall–Kier alpha value is -2.40. The molecule has 2 aliphatic rings. The van der Waals surface area contributed by atoms with Crippen LogP contribution in [0.15, 0.2) is 54.7 Å². The van der Waals surface area contributed by atoms with Crippen LogP contribution in [0.2, 0.25) is 0 Å². The molecule has 2 fully saturated rings. The maximum Gasteiger partial charge on any atom is 0.272 e. The van der Waals surface area contributed by atoms with Crippen molar-refractivity contribution < 1.29 is 14.3 Å². The van der Waals surface area contributed by atoms with E-state index in [1.807, 2.05) is 47.4 Å². The number of hydrogen-bond donors (Lipinski definition) is 0. The van der Waals surface area contributed by atoms with Crippen LogP contribution >= 0.6 is 0 Å². The number of amides is 1. The molecular weight excluding hydrogens is 316 g/mol. The summed E-state index contributed by atoms with van der Waals surface area (Å²) >= 11 is 0. The van der Waals surface area contributed by atoms with E-state index in [2.05, 4.69) is 4.98 Å². The lowest BCUT2D eigenvalue weighted by Crippen LogP contribution is -2.46. The van der Waals surface area contributed by atoms with E-state index in [1.165, 1.54) is 0 Å². The van der Waals surface area contributed by atoms with E-state index < -0.39 is 0 Å². The highest BCUT2D eigenvalue weighted by molar-refractivity contribution is 5.92. The number of para-hydroxylation sites is 1. The summed E-state index contributed by atoms with van der Waals surface area (Å²) in [6.07, 6.45) is 4.32. The maximum absolute atomic E-state index is 12.5. The molecule has 1 aromatic carbocycles. The number of pyridine rings is 1. The second-order valence-corrected chi connectivity index (χ2v) is 6.76. The number of hydrogen-bond acceptors (Lipinski definition) is 4. The van der Waals surface area contributed by atoms with Gasteiger partial charge >= 0.3 is 0 Å². The van der Waals surface area contributed by atoms with Crippen LogP contribution in [0.3, 0.4) is 0 Å². The quantitative estimate of drug-likeness (QED) is 0.863. The third kappa shape index (κ3) is 3.51. The summed E-state index contributed by atoms with van der Waals surface area (Å²) in [7, 11) is 0. The van der Waals surface area contributed by atoms with Crippen LogP contribution in [0.4, 0.5) is 0 Å². The monoisotopic (exact) mass is 338 g/mol. The van der Waals surface area contributed by atoms with Gasteiger partial charge < -0.3 is 14.4 Å². The topological polar surface area (TPSA) is 51.7 Å². The lowest BCUT2D eigenvalue weighted by Gasteiger charge is -2.38. The van der Waals surface area contributed by atoms with Gasteiger partial charge in [-0.2, -0.15) is 0 Å². The number of benzene rings is 1. The molecule has 1 amide bonds. The highest BCUT2D eigenvalue weighted by Gasteiger charge is 2.44. The zero-order valence-electron chi connectivity index (χ0n) is 14.1. The molecule has 2 aliphatic heterocycles. The summed E-state index contributed by atoms with van der Waals surface area (Å²) < 4.78 is 12.2. The van der Waals surface area contributed by atoms with E-state index in [0.717, 1.165) is 25.0 Å². The number of likely N-dealkylation sites (tertiary alicyclic amines) is 1. The largest absolute Gasteiger partial charge is 0.488 e. The number of aromatic nitrogens is 1. The van der Waals surface area contributed by atoms with Crippen molar-refractivity contribution in [2.24, 2.45) is 0 Å². The van der Waals surface area contributed by atoms with E-state index in [1.54, 1.807) is 12.3 Å². The van der Waals surface area contributed by atoms with Gasteiger partial charge in [0.15, 0.2) is 0 Å². The van der Waals surface area contributed by atoms with E-state index in [4.69, 9.17) is 9.47 Å². The Morgan fingerprint density at radius 2 is 1.88 bits per heavy atom. The van der Waals surface area contributed by atoms with Crippen molar-refractivity contribution in [1.82, 2.24) is 9.88 Å². The molecule has 4 rings (SSSR count). The number of carbonyl (C=O) groups is 1. The summed E-state index contributed by atoms with van der Waals surface area (Å²) in [6.45, 7) is 2.02. The van der Waals surface area contributed by atoms with Gasteiger partial charge in [0.2, 0.25) is 0 Å². The van der Waals surface area contributed by atoms with Crippen LogP contribution in [0.1, 0.15) is 29.8 Å². The average molecular weight is 338 g/mol. The number of rotatable bonds is 3. The first-order valence-corrected chi connectivity index (χ1v) is 8.80. The highest BCUT2D eigenvalue weighted by Crippen LogP contribution is 2.37. The van der Waals surface area contributed by atoms with Crippen molar-refractivity contribution in [3.63, 3.8) is 0 Å². The maximum atomic E-state index is 12.5. The molecule has 0 bridgehead atoms. The van der Waals surface area contributed by atoms with Gasteiger partial charge in [-0.15, -0.1) is 0 Å². The Labute approximate surface area is 147 Å². The summed E-state index contributed by atoms with van der Waals surface area (Å²) in [5.74, 6) is 0.890. The first-order valence-electron chi connectivity index (χ1n) is 8.80. The van der Waals surface area contributed by atoms with Gasteiger partial charge in [-0.1, -0.05) is 24.3 Å². The first-order chi connectivity index (χ1) is 12.2. The van der Waals surface area contributed by atoms with Crippen molar-refractivity contribution in [2.45, 2.75) is 31.0 Å². The normalized spacial score (nSPS) is 22.1. The Balaban J connectivity index is 1.33. The fourth-order valence-electron chi connectivity index (χ4n) is 3.69. The zero-order valence-corrected chi connectivity index (χ0v) is 14.1. The van der Waals surface area contributed by atoms with Crippen molar-refractivity contribution in [3.8, 4) is 5.75 Å². The first kappa shape index (κ1) is 16.1. The molecule has 0 saturated carbocycles. The molecule has 1 spiro atoms. The second-order valence-electron chi connectivity index (χ2n) is 6.76. The summed E-state index contributed by atoms with van der Waals surface area (Å²) in [5.41, 5.74) is 0.358. The third-order valence-electron chi connectivity index (χ3n) is 5.07. The van der Waals surface area contributed by atoms with Crippen molar-refractivity contribution in [1.29, 1.82) is 0 Å². The van der Waals surface area contributed by atoms with Gasteiger partial charge in [0.1, 0.15) is 17.5 Å². The van der Waals surface area contributed by atoms with Gasteiger partial charge in [-0.3, -0.25) is 9.78 Å². The number of carbonyl (C=O) groups excluding carboxylic acids is 1.